The normalized spacial score (nSPS) is 16.9. The lowest BCUT2D eigenvalue weighted by Gasteiger charge is -2.38. The highest BCUT2D eigenvalue weighted by atomic mass is 15.6. The van der Waals surface area contributed by atoms with Gasteiger partial charge in [0.05, 0.1) is 32.2 Å². The Morgan fingerprint density at radius 1 is 1.15 bits per heavy atom. The summed E-state index contributed by atoms with van der Waals surface area (Å²) < 4.78 is 2.02. The minimum atomic E-state index is 0.301. The number of benzene rings is 1. The first-order chi connectivity index (χ1) is 13.0. The summed E-state index contributed by atoms with van der Waals surface area (Å²) in [5.41, 5.74) is 4.10. The second-order valence-corrected chi connectivity index (χ2v) is 8.21. The van der Waals surface area contributed by atoms with Gasteiger partial charge in [0.25, 0.3) is 0 Å². The third-order valence-corrected chi connectivity index (χ3v) is 5.77. The van der Waals surface area contributed by atoms with Gasteiger partial charge in [0.2, 0.25) is 5.82 Å². The Bertz CT molecular complexity index is 730. The van der Waals surface area contributed by atoms with E-state index >= 15 is 0 Å². The van der Waals surface area contributed by atoms with Crippen LogP contribution in [0.15, 0.2) is 18.2 Å². The Balaban J connectivity index is 1.74. The highest BCUT2D eigenvalue weighted by Gasteiger charge is 2.33. The standard InChI is InChI=1S/C21H34N6/c1-6-7-8-19(21-22-23-24-27(21)16(2)3)25-11-13-26(14-12-25)20-15-17(4)9-10-18(20)5/h9-10,15-16,19H,6-8,11-14H2,1-5H3/p+1/t19-/m0/s1. The lowest BCUT2D eigenvalue weighted by atomic mass is 10.0. The number of aromatic nitrogens is 4. The molecule has 2 heterocycles. The van der Waals surface area contributed by atoms with Gasteiger partial charge >= 0.3 is 0 Å². The number of nitrogens with one attached hydrogen (secondary N) is 1. The van der Waals surface area contributed by atoms with Gasteiger partial charge in [-0.05, 0) is 61.7 Å². The van der Waals surface area contributed by atoms with Gasteiger partial charge in [-0.2, -0.15) is 0 Å². The van der Waals surface area contributed by atoms with Crippen molar-refractivity contribution >= 4 is 5.69 Å². The highest BCUT2D eigenvalue weighted by Crippen LogP contribution is 2.22. The first-order valence-corrected chi connectivity index (χ1v) is 10.5. The Hall–Kier alpha value is -1.95. The Morgan fingerprint density at radius 2 is 1.89 bits per heavy atom. The lowest BCUT2D eigenvalue weighted by Crippen LogP contribution is -3.15. The zero-order valence-electron chi connectivity index (χ0n) is 17.6. The first kappa shape index (κ1) is 19.8. The van der Waals surface area contributed by atoms with E-state index in [4.69, 9.17) is 0 Å². The molecule has 1 N–H and O–H groups in total. The molecule has 0 amide bonds. The van der Waals surface area contributed by atoms with Crippen molar-refractivity contribution < 1.29 is 4.90 Å². The maximum atomic E-state index is 4.44. The number of piperazine rings is 1. The third-order valence-electron chi connectivity index (χ3n) is 5.77. The minimum Gasteiger partial charge on any atom is -0.360 e. The average molecular weight is 372 g/mol. The molecule has 1 aromatic carbocycles. The maximum Gasteiger partial charge on any atom is 0.209 e. The van der Waals surface area contributed by atoms with Crippen LogP contribution in [0, 0.1) is 13.8 Å². The van der Waals surface area contributed by atoms with Gasteiger partial charge in [-0.15, -0.1) is 5.10 Å². The summed E-state index contributed by atoms with van der Waals surface area (Å²) in [6.07, 6.45) is 3.59. The van der Waals surface area contributed by atoms with Crippen molar-refractivity contribution in [2.75, 3.05) is 31.1 Å². The number of rotatable bonds is 7. The van der Waals surface area contributed by atoms with Gasteiger partial charge in [0.15, 0.2) is 0 Å². The van der Waals surface area contributed by atoms with Gasteiger partial charge < -0.3 is 9.80 Å². The molecule has 148 valence electrons. The van der Waals surface area contributed by atoms with Crippen LogP contribution in [0.5, 0.6) is 0 Å². The van der Waals surface area contributed by atoms with Gasteiger partial charge in [-0.3, -0.25) is 0 Å². The molecule has 6 heteroatoms. The number of hydrogen-bond acceptors (Lipinski definition) is 4. The Morgan fingerprint density at radius 3 is 2.56 bits per heavy atom. The summed E-state index contributed by atoms with van der Waals surface area (Å²) in [6.45, 7) is 15.4. The second-order valence-electron chi connectivity index (χ2n) is 8.21. The van der Waals surface area contributed by atoms with Crippen molar-refractivity contribution in [3.63, 3.8) is 0 Å². The van der Waals surface area contributed by atoms with Crippen LogP contribution in [-0.2, 0) is 0 Å². The van der Waals surface area contributed by atoms with Gasteiger partial charge in [0.1, 0.15) is 6.04 Å². The molecule has 1 aliphatic heterocycles. The molecule has 0 saturated carbocycles. The van der Waals surface area contributed by atoms with Crippen LogP contribution in [-0.4, -0.2) is 46.4 Å². The topological polar surface area (TPSA) is 51.3 Å². The number of quaternary nitrogens is 1. The number of anilines is 1. The van der Waals surface area contributed by atoms with Gasteiger partial charge in [-0.25, -0.2) is 4.68 Å². The van der Waals surface area contributed by atoms with Crippen molar-refractivity contribution in [3.05, 3.63) is 35.2 Å². The molecule has 6 nitrogen and oxygen atoms in total. The van der Waals surface area contributed by atoms with Gasteiger partial charge in [0, 0.05) is 12.1 Å². The number of unbranched alkanes of at least 4 members (excludes halogenated alkanes) is 1. The molecule has 2 aromatic rings. The second kappa shape index (κ2) is 8.83. The largest absolute Gasteiger partial charge is 0.360 e. The summed E-state index contributed by atoms with van der Waals surface area (Å²) in [7, 11) is 0. The van der Waals surface area contributed by atoms with E-state index in [1.807, 2.05) is 4.68 Å². The molecule has 0 bridgehead atoms. The zero-order chi connectivity index (χ0) is 19.4. The molecule has 27 heavy (non-hydrogen) atoms. The van der Waals surface area contributed by atoms with Crippen molar-refractivity contribution in [2.45, 2.75) is 66.0 Å². The van der Waals surface area contributed by atoms with Crippen LogP contribution in [0.1, 0.15) is 69.1 Å². The smallest absolute Gasteiger partial charge is 0.209 e. The highest BCUT2D eigenvalue weighted by molar-refractivity contribution is 5.55. The number of hydrogen-bond donors (Lipinski definition) is 1. The number of aryl methyl sites for hydroxylation is 2. The van der Waals surface area contributed by atoms with Crippen LogP contribution >= 0.6 is 0 Å². The van der Waals surface area contributed by atoms with Crippen LogP contribution in [0.2, 0.25) is 0 Å². The zero-order valence-corrected chi connectivity index (χ0v) is 17.6. The van der Waals surface area contributed by atoms with E-state index in [0.717, 1.165) is 38.4 Å². The van der Waals surface area contributed by atoms with Gasteiger partial charge in [-0.1, -0.05) is 25.5 Å². The van der Waals surface area contributed by atoms with E-state index < -0.39 is 0 Å². The summed E-state index contributed by atoms with van der Waals surface area (Å²) in [5.74, 6) is 1.06. The summed E-state index contributed by atoms with van der Waals surface area (Å²) >= 11 is 0. The molecule has 1 saturated heterocycles. The Kier molecular flexibility index (Phi) is 6.47. The molecule has 3 rings (SSSR count). The first-order valence-electron chi connectivity index (χ1n) is 10.5. The monoisotopic (exact) mass is 371 g/mol. The minimum absolute atomic E-state index is 0.301. The fourth-order valence-electron chi connectivity index (χ4n) is 4.17. The third kappa shape index (κ3) is 4.49. The predicted octanol–water partition coefficient (Wildman–Crippen LogP) is 2.51. The lowest BCUT2D eigenvalue weighted by molar-refractivity contribution is -0.933. The maximum absolute atomic E-state index is 4.44. The van der Waals surface area contributed by atoms with E-state index in [9.17, 15) is 0 Å². The SMILES string of the molecule is CCCC[C@@H](c1nnnn1C(C)C)[NH+]1CCN(c2cc(C)ccc2C)CC1. The van der Waals surface area contributed by atoms with Crippen molar-refractivity contribution in [1.82, 2.24) is 20.2 Å². The molecule has 0 aliphatic carbocycles. The molecular formula is C21H35N6+. The molecular weight excluding hydrogens is 336 g/mol. The van der Waals surface area contributed by atoms with Crippen molar-refractivity contribution in [3.8, 4) is 0 Å². The van der Waals surface area contributed by atoms with E-state index in [2.05, 4.69) is 73.2 Å². The predicted molar refractivity (Wildman–Crippen MR) is 109 cm³/mol. The molecule has 1 aromatic heterocycles. The van der Waals surface area contributed by atoms with Crippen LogP contribution in [0.4, 0.5) is 5.69 Å². The number of nitrogens with zero attached hydrogens (tertiary/aromatic N) is 5. The van der Waals surface area contributed by atoms with Crippen molar-refractivity contribution in [1.29, 1.82) is 0 Å². The summed E-state index contributed by atoms with van der Waals surface area (Å²) in [4.78, 5) is 4.18. The molecule has 0 radical (unpaired) electrons. The van der Waals surface area contributed by atoms with E-state index in [1.165, 1.54) is 29.7 Å². The molecule has 1 fully saturated rings. The molecule has 0 spiro atoms. The van der Waals surface area contributed by atoms with E-state index in [1.54, 1.807) is 4.90 Å². The van der Waals surface area contributed by atoms with Crippen LogP contribution in [0.3, 0.4) is 0 Å². The van der Waals surface area contributed by atoms with E-state index in [0.29, 0.717) is 12.1 Å². The fourth-order valence-corrected chi connectivity index (χ4v) is 4.17. The Labute approximate surface area is 163 Å². The number of tetrazole rings is 1. The molecule has 0 unspecified atom stereocenters. The van der Waals surface area contributed by atoms with Crippen LogP contribution < -0.4 is 9.80 Å². The fraction of sp³-hybridized carbons (Fsp3) is 0.667. The molecule has 1 atom stereocenters. The summed E-state index contributed by atoms with van der Waals surface area (Å²) in [5, 5.41) is 12.7. The quantitative estimate of drug-likeness (QED) is 0.812. The van der Waals surface area contributed by atoms with Crippen LogP contribution in [0.25, 0.3) is 0 Å². The summed E-state index contributed by atoms with van der Waals surface area (Å²) in [6, 6.07) is 7.46. The van der Waals surface area contributed by atoms with Crippen molar-refractivity contribution in [2.24, 2.45) is 0 Å². The average Bonchev–Trinajstić information content (AvgIpc) is 3.14. The van der Waals surface area contributed by atoms with E-state index in [-0.39, 0.29) is 0 Å². The molecule has 1 aliphatic rings.